The molecule has 0 amide bonds. The Balaban J connectivity index is 2.96. The topological polar surface area (TPSA) is 32.3 Å². The zero-order valence-electron chi connectivity index (χ0n) is 7.13. The molecule has 0 aliphatic heterocycles. The average molecular weight is 169 g/mol. The van der Waals surface area contributed by atoms with Gasteiger partial charge in [-0.1, -0.05) is 12.1 Å². The second kappa shape index (κ2) is 3.65. The molecule has 0 bridgehead atoms. The largest absolute Gasteiger partial charge is 0.316 e. The van der Waals surface area contributed by atoms with Gasteiger partial charge < -0.3 is 5.21 Å². The molecule has 1 rings (SSSR count). The Labute approximate surface area is 71.0 Å². The Morgan fingerprint density at radius 2 is 2.17 bits per heavy atom. The maximum absolute atomic E-state index is 12.8. The van der Waals surface area contributed by atoms with Crippen LogP contribution in [0.4, 0.5) is 4.39 Å². The van der Waals surface area contributed by atoms with Crippen LogP contribution in [0.25, 0.3) is 0 Å². The summed E-state index contributed by atoms with van der Waals surface area (Å²) in [6.07, 6.45) is 0. The number of hydrogen-bond donors (Lipinski definition) is 2. The molecule has 0 spiro atoms. The Morgan fingerprint density at radius 1 is 1.50 bits per heavy atom. The van der Waals surface area contributed by atoms with E-state index >= 15 is 0 Å². The standard InChI is InChI=1S/C9H12FNO/c1-6-5-8(7(2)11-12)3-4-9(6)10/h3-5,7,11-12H,1-2H3/t7-/m0/s1. The summed E-state index contributed by atoms with van der Waals surface area (Å²) < 4.78 is 12.8. The predicted molar refractivity (Wildman–Crippen MR) is 44.5 cm³/mol. The fourth-order valence-electron chi connectivity index (χ4n) is 1.01. The molecule has 0 saturated heterocycles. The lowest BCUT2D eigenvalue weighted by atomic mass is 10.1. The van der Waals surface area contributed by atoms with Crippen molar-refractivity contribution >= 4 is 0 Å². The predicted octanol–water partition coefficient (Wildman–Crippen LogP) is 2.17. The highest BCUT2D eigenvalue weighted by Crippen LogP contribution is 2.15. The van der Waals surface area contributed by atoms with Crippen LogP contribution in [0.15, 0.2) is 18.2 Å². The highest BCUT2D eigenvalue weighted by atomic mass is 19.1. The molecule has 1 atom stereocenters. The molecule has 1 aromatic rings. The molecule has 0 fully saturated rings. The van der Waals surface area contributed by atoms with E-state index in [1.807, 2.05) is 0 Å². The molecule has 0 aliphatic rings. The molecule has 0 saturated carbocycles. The van der Waals surface area contributed by atoms with Crippen LogP contribution < -0.4 is 5.48 Å². The van der Waals surface area contributed by atoms with Crippen molar-refractivity contribution in [3.05, 3.63) is 35.1 Å². The van der Waals surface area contributed by atoms with Gasteiger partial charge in [0, 0.05) is 0 Å². The van der Waals surface area contributed by atoms with E-state index in [9.17, 15) is 4.39 Å². The molecule has 2 nitrogen and oxygen atoms in total. The summed E-state index contributed by atoms with van der Waals surface area (Å²) in [6, 6.07) is 4.60. The van der Waals surface area contributed by atoms with Crippen molar-refractivity contribution in [2.24, 2.45) is 0 Å². The number of nitrogens with one attached hydrogen (secondary N) is 1. The normalized spacial score (nSPS) is 13.0. The molecule has 1 aromatic carbocycles. The fourth-order valence-corrected chi connectivity index (χ4v) is 1.01. The maximum Gasteiger partial charge on any atom is 0.126 e. The number of hydrogen-bond acceptors (Lipinski definition) is 2. The van der Waals surface area contributed by atoms with Crippen LogP contribution in [-0.4, -0.2) is 5.21 Å². The van der Waals surface area contributed by atoms with E-state index in [4.69, 9.17) is 5.21 Å². The number of rotatable bonds is 2. The van der Waals surface area contributed by atoms with E-state index in [1.165, 1.54) is 6.07 Å². The summed E-state index contributed by atoms with van der Waals surface area (Å²) in [4.78, 5) is 0. The monoisotopic (exact) mass is 169 g/mol. The van der Waals surface area contributed by atoms with E-state index in [1.54, 1.807) is 26.0 Å². The van der Waals surface area contributed by atoms with Crippen molar-refractivity contribution in [3.63, 3.8) is 0 Å². The lowest BCUT2D eigenvalue weighted by molar-refractivity contribution is 0.133. The van der Waals surface area contributed by atoms with Gasteiger partial charge in [0.1, 0.15) is 5.82 Å². The van der Waals surface area contributed by atoms with E-state index in [0.717, 1.165) is 5.56 Å². The molecule has 66 valence electrons. The molecule has 0 heterocycles. The van der Waals surface area contributed by atoms with Crippen molar-refractivity contribution < 1.29 is 9.60 Å². The number of hydroxylamine groups is 1. The van der Waals surface area contributed by atoms with Gasteiger partial charge in [-0.05, 0) is 31.0 Å². The third-order valence-electron chi connectivity index (χ3n) is 1.88. The maximum atomic E-state index is 12.8. The van der Waals surface area contributed by atoms with Crippen LogP contribution >= 0.6 is 0 Å². The molecule has 0 radical (unpaired) electrons. The molecular formula is C9H12FNO. The zero-order chi connectivity index (χ0) is 9.14. The first-order valence-electron chi connectivity index (χ1n) is 3.81. The summed E-state index contributed by atoms with van der Waals surface area (Å²) >= 11 is 0. The quantitative estimate of drug-likeness (QED) is 0.665. The van der Waals surface area contributed by atoms with Crippen molar-refractivity contribution in [3.8, 4) is 0 Å². The number of benzene rings is 1. The second-order valence-corrected chi connectivity index (χ2v) is 2.86. The first kappa shape index (κ1) is 9.16. The summed E-state index contributed by atoms with van der Waals surface area (Å²) in [5.41, 5.74) is 3.57. The molecule has 12 heavy (non-hydrogen) atoms. The van der Waals surface area contributed by atoms with Gasteiger partial charge >= 0.3 is 0 Å². The minimum absolute atomic E-state index is 0.163. The van der Waals surface area contributed by atoms with Crippen LogP contribution in [0.3, 0.4) is 0 Å². The van der Waals surface area contributed by atoms with Crippen molar-refractivity contribution in [2.75, 3.05) is 0 Å². The van der Waals surface area contributed by atoms with E-state index < -0.39 is 0 Å². The fraction of sp³-hybridized carbons (Fsp3) is 0.333. The van der Waals surface area contributed by atoms with E-state index in [-0.39, 0.29) is 11.9 Å². The molecule has 0 aliphatic carbocycles. The van der Waals surface area contributed by atoms with Gasteiger partial charge in [-0.2, -0.15) is 5.48 Å². The first-order chi connectivity index (χ1) is 5.65. The highest BCUT2D eigenvalue weighted by molar-refractivity contribution is 5.25. The Hall–Kier alpha value is -0.930. The van der Waals surface area contributed by atoms with Gasteiger partial charge in [-0.3, -0.25) is 0 Å². The van der Waals surface area contributed by atoms with Gasteiger partial charge in [0.15, 0.2) is 0 Å². The SMILES string of the molecule is Cc1cc([C@H](C)NO)ccc1F. The second-order valence-electron chi connectivity index (χ2n) is 2.86. The van der Waals surface area contributed by atoms with Crippen LogP contribution in [0, 0.1) is 12.7 Å². The van der Waals surface area contributed by atoms with Gasteiger partial charge in [-0.25, -0.2) is 4.39 Å². The Morgan fingerprint density at radius 3 is 2.67 bits per heavy atom. The lowest BCUT2D eigenvalue weighted by Crippen LogP contribution is -2.13. The van der Waals surface area contributed by atoms with Crippen molar-refractivity contribution in [1.82, 2.24) is 5.48 Å². The van der Waals surface area contributed by atoms with Gasteiger partial charge in [-0.15, -0.1) is 0 Å². The van der Waals surface area contributed by atoms with E-state index in [2.05, 4.69) is 5.48 Å². The first-order valence-corrected chi connectivity index (χ1v) is 3.81. The average Bonchev–Trinajstić information content (AvgIpc) is 2.08. The van der Waals surface area contributed by atoms with Crippen LogP contribution in [0.1, 0.15) is 24.1 Å². The minimum atomic E-state index is -0.219. The zero-order valence-corrected chi connectivity index (χ0v) is 7.13. The van der Waals surface area contributed by atoms with Crippen LogP contribution in [0.2, 0.25) is 0 Å². The Bertz CT molecular complexity index is 275. The molecule has 2 N–H and O–H groups in total. The van der Waals surface area contributed by atoms with Crippen molar-refractivity contribution in [1.29, 1.82) is 0 Å². The molecule has 0 aromatic heterocycles. The highest BCUT2D eigenvalue weighted by Gasteiger charge is 2.04. The summed E-state index contributed by atoms with van der Waals surface area (Å²) in [5, 5.41) is 8.60. The van der Waals surface area contributed by atoms with Gasteiger partial charge in [0.2, 0.25) is 0 Å². The minimum Gasteiger partial charge on any atom is -0.316 e. The van der Waals surface area contributed by atoms with E-state index in [0.29, 0.717) is 5.56 Å². The van der Waals surface area contributed by atoms with Crippen LogP contribution in [-0.2, 0) is 0 Å². The van der Waals surface area contributed by atoms with Gasteiger partial charge in [0.25, 0.3) is 0 Å². The molecule has 3 heteroatoms. The molecular weight excluding hydrogens is 157 g/mol. The third-order valence-corrected chi connectivity index (χ3v) is 1.88. The number of halogens is 1. The summed E-state index contributed by atoms with van der Waals surface area (Å²) in [5.74, 6) is -0.219. The molecule has 0 unspecified atom stereocenters. The Kier molecular flexibility index (Phi) is 2.78. The summed E-state index contributed by atoms with van der Waals surface area (Å²) in [6.45, 7) is 3.50. The lowest BCUT2D eigenvalue weighted by Gasteiger charge is -2.09. The van der Waals surface area contributed by atoms with Crippen molar-refractivity contribution in [2.45, 2.75) is 19.9 Å². The summed E-state index contributed by atoms with van der Waals surface area (Å²) in [7, 11) is 0. The van der Waals surface area contributed by atoms with Crippen LogP contribution in [0.5, 0.6) is 0 Å². The smallest absolute Gasteiger partial charge is 0.126 e. The number of aryl methyl sites for hydroxylation is 1. The third kappa shape index (κ3) is 1.81. The van der Waals surface area contributed by atoms with Gasteiger partial charge in [0.05, 0.1) is 6.04 Å².